The van der Waals surface area contributed by atoms with Crippen LogP contribution in [-0.4, -0.2) is 0 Å². The molecule has 0 bridgehead atoms. The minimum Gasteiger partial charge on any atom is -0.192 e. The number of halogens is 1. The van der Waals surface area contributed by atoms with Crippen LogP contribution in [0.5, 0.6) is 0 Å². The third-order valence-electron chi connectivity index (χ3n) is 2.30. The van der Waals surface area contributed by atoms with Gasteiger partial charge in [-0.25, -0.2) is 0 Å². The summed E-state index contributed by atoms with van der Waals surface area (Å²) in [4.78, 5) is 1.01. The van der Waals surface area contributed by atoms with E-state index in [1.807, 2.05) is 24.3 Å². The van der Waals surface area contributed by atoms with Crippen molar-refractivity contribution in [1.82, 2.24) is 0 Å². The summed E-state index contributed by atoms with van der Waals surface area (Å²) in [6, 6.07) is 17.7. The van der Waals surface area contributed by atoms with Gasteiger partial charge in [-0.05, 0) is 23.8 Å². The van der Waals surface area contributed by atoms with E-state index >= 15 is 0 Å². The third kappa shape index (κ3) is 3.26. The molecule has 2 aromatic rings. The summed E-state index contributed by atoms with van der Waals surface area (Å²) in [5.74, 6) is 0.881. The molecule has 3 heteroatoms. The lowest BCUT2D eigenvalue weighted by molar-refractivity contribution is 1.37. The number of nitrogens with zero attached hydrogens (tertiary/aromatic N) is 1. The van der Waals surface area contributed by atoms with Gasteiger partial charge in [-0.2, -0.15) is 5.26 Å². The van der Waals surface area contributed by atoms with Gasteiger partial charge in [0, 0.05) is 10.6 Å². The highest BCUT2D eigenvalue weighted by Crippen LogP contribution is 2.30. The Bertz CT molecular complexity index is 546. The molecule has 0 aliphatic heterocycles. The molecule has 2 aromatic carbocycles. The lowest BCUT2D eigenvalue weighted by atomic mass is 10.2. The zero-order chi connectivity index (χ0) is 12.1. The van der Waals surface area contributed by atoms with Crippen LogP contribution in [0.2, 0.25) is 5.02 Å². The first-order valence-corrected chi connectivity index (χ1v) is 6.52. The van der Waals surface area contributed by atoms with Gasteiger partial charge < -0.3 is 0 Å². The maximum absolute atomic E-state index is 8.75. The van der Waals surface area contributed by atoms with Crippen LogP contribution in [0.15, 0.2) is 53.4 Å². The molecule has 0 unspecified atom stereocenters. The Hall–Kier alpha value is -1.43. The maximum atomic E-state index is 8.75. The summed E-state index contributed by atoms with van der Waals surface area (Å²) in [5.41, 5.74) is 1.86. The van der Waals surface area contributed by atoms with Gasteiger partial charge in [-0.1, -0.05) is 41.9 Å². The predicted molar refractivity (Wildman–Crippen MR) is 72.2 cm³/mol. The number of thioether (sulfide) groups is 1. The van der Waals surface area contributed by atoms with Crippen LogP contribution in [0.3, 0.4) is 0 Å². The van der Waals surface area contributed by atoms with E-state index in [-0.39, 0.29) is 0 Å². The fourth-order valence-corrected chi connectivity index (χ4v) is 2.64. The standard InChI is InChI=1S/C14H10ClNS/c15-13-8-12(9-16)6-7-14(13)17-10-11-4-2-1-3-5-11/h1-8H,10H2. The molecule has 0 atom stereocenters. The van der Waals surface area contributed by atoms with Crippen molar-refractivity contribution in [3.05, 3.63) is 64.7 Å². The van der Waals surface area contributed by atoms with Gasteiger partial charge in [-0.15, -0.1) is 11.8 Å². The molecule has 0 aliphatic carbocycles. The highest BCUT2D eigenvalue weighted by molar-refractivity contribution is 7.98. The van der Waals surface area contributed by atoms with E-state index in [4.69, 9.17) is 16.9 Å². The zero-order valence-corrected chi connectivity index (χ0v) is 10.6. The molecule has 17 heavy (non-hydrogen) atoms. The Balaban J connectivity index is 2.08. The first-order valence-electron chi connectivity index (χ1n) is 5.16. The average Bonchev–Trinajstić information content (AvgIpc) is 2.38. The van der Waals surface area contributed by atoms with Crippen LogP contribution in [0.4, 0.5) is 0 Å². The van der Waals surface area contributed by atoms with Gasteiger partial charge in [0.05, 0.1) is 16.7 Å². The summed E-state index contributed by atoms with van der Waals surface area (Å²) in [6.07, 6.45) is 0. The van der Waals surface area contributed by atoms with E-state index in [1.165, 1.54) is 5.56 Å². The van der Waals surface area contributed by atoms with Gasteiger partial charge in [0.1, 0.15) is 0 Å². The van der Waals surface area contributed by atoms with Crippen molar-refractivity contribution < 1.29 is 0 Å². The molecule has 0 aliphatic rings. The second kappa shape index (κ2) is 5.77. The number of hydrogen-bond acceptors (Lipinski definition) is 2. The highest BCUT2D eigenvalue weighted by Gasteiger charge is 2.02. The fraction of sp³-hybridized carbons (Fsp3) is 0.0714. The summed E-state index contributed by atoms with van der Waals surface area (Å²) in [7, 11) is 0. The number of benzene rings is 2. The van der Waals surface area contributed by atoms with E-state index in [9.17, 15) is 0 Å². The predicted octanol–water partition coefficient (Wildman–Crippen LogP) is 4.50. The molecule has 1 nitrogen and oxygen atoms in total. The highest BCUT2D eigenvalue weighted by atomic mass is 35.5. The Labute approximate surface area is 110 Å². The summed E-state index contributed by atoms with van der Waals surface area (Å²) in [6.45, 7) is 0. The maximum Gasteiger partial charge on any atom is 0.0992 e. The number of hydrogen-bond donors (Lipinski definition) is 0. The monoisotopic (exact) mass is 259 g/mol. The van der Waals surface area contributed by atoms with Crippen LogP contribution in [0.25, 0.3) is 0 Å². The zero-order valence-electron chi connectivity index (χ0n) is 9.06. The minimum absolute atomic E-state index is 0.596. The Morgan fingerprint density at radius 3 is 2.53 bits per heavy atom. The molecule has 0 saturated heterocycles. The van der Waals surface area contributed by atoms with E-state index < -0.39 is 0 Å². The van der Waals surface area contributed by atoms with Gasteiger partial charge >= 0.3 is 0 Å². The second-order valence-electron chi connectivity index (χ2n) is 3.53. The lowest BCUT2D eigenvalue weighted by Gasteiger charge is -2.04. The van der Waals surface area contributed by atoms with Crippen LogP contribution in [0.1, 0.15) is 11.1 Å². The van der Waals surface area contributed by atoms with E-state index in [0.29, 0.717) is 10.6 Å². The minimum atomic E-state index is 0.596. The van der Waals surface area contributed by atoms with E-state index in [1.54, 1.807) is 23.9 Å². The van der Waals surface area contributed by atoms with Crippen molar-refractivity contribution in [3.63, 3.8) is 0 Å². The number of rotatable bonds is 3. The topological polar surface area (TPSA) is 23.8 Å². The largest absolute Gasteiger partial charge is 0.192 e. The van der Waals surface area contributed by atoms with Crippen molar-refractivity contribution >= 4 is 23.4 Å². The molecule has 0 saturated carbocycles. The lowest BCUT2D eigenvalue weighted by Crippen LogP contribution is -1.82. The molecule has 84 valence electrons. The molecule has 0 N–H and O–H groups in total. The van der Waals surface area contributed by atoms with Crippen LogP contribution in [-0.2, 0) is 5.75 Å². The van der Waals surface area contributed by atoms with Crippen molar-refractivity contribution in [1.29, 1.82) is 5.26 Å². The summed E-state index contributed by atoms with van der Waals surface area (Å²) < 4.78 is 0. The number of nitriles is 1. The molecule has 0 fully saturated rings. The van der Waals surface area contributed by atoms with Crippen molar-refractivity contribution in [2.24, 2.45) is 0 Å². The first kappa shape index (κ1) is 12.0. The van der Waals surface area contributed by atoms with E-state index in [0.717, 1.165) is 10.6 Å². The van der Waals surface area contributed by atoms with Gasteiger partial charge in [-0.3, -0.25) is 0 Å². The molecule has 0 spiro atoms. The summed E-state index contributed by atoms with van der Waals surface area (Å²) in [5, 5.41) is 9.39. The van der Waals surface area contributed by atoms with Crippen LogP contribution in [0, 0.1) is 11.3 Å². The SMILES string of the molecule is N#Cc1ccc(SCc2ccccc2)c(Cl)c1. The normalized spacial score (nSPS) is 9.88. The molecular formula is C14H10ClNS. The third-order valence-corrected chi connectivity index (χ3v) is 3.87. The van der Waals surface area contributed by atoms with Crippen molar-refractivity contribution in [3.8, 4) is 6.07 Å². The summed E-state index contributed by atoms with van der Waals surface area (Å²) >= 11 is 7.78. The van der Waals surface area contributed by atoms with Gasteiger partial charge in [0.25, 0.3) is 0 Å². The van der Waals surface area contributed by atoms with Gasteiger partial charge in [0.2, 0.25) is 0 Å². The second-order valence-corrected chi connectivity index (χ2v) is 4.96. The quantitative estimate of drug-likeness (QED) is 0.758. The molecule has 0 aromatic heterocycles. The Kier molecular flexibility index (Phi) is 4.08. The van der Waals surface area contributed by atoms with Crippen molar-refractivity contribution in [2.45, 2.75) is 10.6 Å². The molecule has 2 rings (SSSR count). The van der Waals surface area contributed by atoms with Crippen LogP contribution >= 0.6 is 23.4 Å². The van der Waals surface area contributed by atoms with Crippen molar-refractivity contribution in [2.75, 3.05) is 0 Å². The smallest absolute Gasteiger partial charge is 0.0992 e. The molecular weight excluding hydrogens is 250 g/mol. The van der Waals surface area contributed by atoms with Gasteiger partial charge in [0.15, 0.2) is 0 Å². The first-order chi connectivity index (χ1) is 8.29. The fourth-order valence-electron chi connectivity index (χ4n) is 1.42. The molecule has 0 radical (unpaired) electrons. The molecule has 0 amide bonds. The average molecular weight is 260 g/mol. The Morgan fingerprint density at radius 2 is 1.88 bits per heavy atom. The van der Waals surface area contributed by atoms with E-state index in [2.05, 4.69) is 18.2 Å². The molecule has 0 heterocycles. The Morgan fingerprint density at radius 1 is 1.12 bits per heavy atom. The van der Waals surface area contributed by atoms with Crippen LogP contribution < -0.4 is 0 Å².